The van der Waals surface area contributed by atoms with Crippen molar-refractivity contribution < 1.29 is 52.4 Å². The molecule has 1 atom stereocenters. The number of aliphatic hydroxyl groups excluding tert-OH is 1. The van der Waals surface area contributed by atoms with E-state index in [4.69, 9.17) is 5.11 Å². The molecule has 1 unspecified atom stereocenters. The van der Waals surface area contributed by atoms with Gasteiger partial charge in [-0.2, -0.15) is 0 Å². The van der Waals surface area contributed by atoms with Gasteiger partial charge in [0, 0.05) is 12.1 Å². The van der Waals surface area contributed by atoms with Gasteiger partial charge in [0.2, 0.25) is 5.91 Å². The molecule has 15 heavy (non-hydrogen) atoms. The zero-order valence-electron chi connectivity index (χ0n) is 8.69. The van der Waals surface area contributed by atoms with Crippen molar-refractivity contribution in [3.05, 3.63) is 12.2 Å². The van der Waals surface area contributed by atoms with Gasteiger partial charge in [-0.3, -0.25) is 4.79 Å². The second-order valence-electron chi connectivity index (χ2n) is 2.87. The second kappa shape index (κ2) is 7.37. The number of nitrogens with one attached hydrogen (secondary N) is 1. The molecule has 82 valence electrons. The van der Waals surface area contributed by atoms with E-state index in [0.717, 1.165) is 0 Å². The molecule has 0 spiro atoms. The summed E-state index contributed by atoms with van der Waals surface area (Å²) in [6, 6.07) is 0. The molecule has 0 aliphatic rings. The molecule has 0 aromatic rings. The molecule has 0 aliphatic heterocycles. The Balaban J connectivity index is 0. The van der Waals surface area contributed by atoms with Crippen LogP contribution in [0.25, 0.3) is 0 Å². The average molecular weight is 245 g/mol. The van der Waals surface area contributed by atoms with Crippen LogP contribution in [0.4, 0.5) is 0 Å². The zero-order valence-corrected chi connectivity index (χ0v) is 11.5. The van der Waals surface area contributed by atoms with Crippen molar-refractivity contribution in [3.63, 3.8) is 0 Å². The molecule has 0 radical (unpaired) electrons. The van der Waals surface area contributed by atoms with Crippen LogP contribution in [-0.2, 0) is 14.9 Å². The maximum Gasteiger partial charge on any atom is 1.00 e. The third kappa shape index (κ3) is 10.4. The Labute approximate surface area is 111 Å². The van der Waals surface area contributed by atoms with Crippen molar-refractivity contribution in [1.29, 1.82) is 0 Å². The van der Waals surface area contributed by atoms with Crippen LogP contribution in [0.1, 0.15) is 6.92 Å². The summed E-state index contributed by atoms with van der Waals surface area (Å²) in [4.78, 5) is 10.9. The number of hydrogen-bond acceptors (Lipinski definition) is 5. The van der Waals surface area contributed by atoms with Crippen LogP contribution >= 0.6 is 0 Å². The Bertz CT molecular complexity index is 326. The van der Waals surface area contributed by atoms with Crippen molar-refractivity contribution >= 4 is 16.0 Å². The molecule has 0 aromatic carbocycles. The van der Waals surface area contributed by atoms with Crippen LogP contribution in [0.5, 0.6) is 0 Å². The number of amides is 1. The first-order valence-corrected chi connectivity index (χ1v) is 5.35. The van der Waals surface area contributed by atoms with Crippen molar-refractivity contribution in [2.24, 2.45) is 0 Å². The smallest absolute Gasteiger partial charge is 0.748 e. The van der Waals surface area contributed by atoms with Crippen LogP contribution in [0, 0.1) is 0 Å². The molecular weight excluding hydrogens is 233 g/mol. The molecule has 0 fully saturated rings. The summed E-state index contributed by atoms with van der Waals surface area (Å²) in [6.45, 7) is 4.51. The summed E-state index contributed by atoms with van der Waals surface area (Å²) in [5.74, 6) is -1.41. The van der Waals surface area contributed by atoms with Crippen molar-refractivity contribution in [1.82, 2.24) is 5.32 Å². The molecule has 0 rings (SSSR count). The molecular formula is C7H12NNaO5S. The minimum Gasteiger partial charge on any atom is -0.748 e. The molecule has 0 aliphatic carbocycles. The maximum absolute atomic E-state index is 10.9. The topological polar surface area (TPSA) is 107 Å². The van der Waals surface area contributed by atoms with Gasteiger partial charge in [0.05, 0.1) is 22.0 Å². The summed E-state index contributed by atoms with van der Waals surface area (Å²) in [6.07, 6.45) is -1.39. The molecule has 0 bridgehead atoms. The third-order valence-electron chi connectivity index (χ3n) is 1.28. The van der Waals surface area contributed by atoms with E-state index in [9.17, 15) is 17.8 Å². The summed E-state index contributed by atoms with van der Waals surface area (Å²) in [7, 11) is -4.47. The SMILES string of the molecule is C=C(C)C(=O)NCC(O)CS(=O)(=O)[O-].[Na+]. The van der Waals surface area contributed by atoms with E-state index in [1.54, 1.807) is 0 Å². The number of rotatable bonds is 5. The van der Waals surface area contributed by atoms with Gasteiger partial charge in [0.1, 0.15) is 0 Å². The predicted molar refractivity (Wildman–Crippen MR) is 48.4 cm³/mol. The first-order chi connectivity index (χ1) is 6.22. The van der Waals surface area contributed by atoms with Crippen LogP contribution in [-0.4, -0.2) is 42.4 Å². The van der Waals surface area contributed by atoms with E-state index >= 15 is 0 Å². The van der Waals surface area contributed by atoms with Crippen molar-refractivity contribution in [2.45, 2.75) is 13.0 Å². The summed E-state index contributed by atoms with van der Waals surface area (Å²) < 4.78 is 30.5. The van der Waals surface area contributed by atoms with Crippen molar-refractivity contribution in [2.75, 3.05) is 12.3 Å². The van der Waals surface area contributed by atoms with E-state index in [2.05, 4.69) is 11.9 Å². The summed E-state index contributed by atoms with van der Waals surface area (Å²) in [5, 5.41) is 11.2. The van der Waals surface area contributed by atoms with Gasteiger partial charge in [-0.15, -0.1) is 0 Å². The van der Waals surface area contributed by atoms with Gasteiger partial charge in [0.15, 0.2) is 0 Å². The Morgan fingerprint density at radius 2 is 2.07 bits per heavy atom. The standard InChI is InChI=1S/C7H13NO5S.Na/c1-5(2)7(10)8-3-6(9)4-14(11,12)13;/h6,9H,1,3-4H2,2H3,(H,8,10)(H,11,12,13);/q;+1/p-1. The third-order valence-corrected chi connectivity index (χ3v) is 2.08. The Morgan fingerprint density at radius 3 is 2.40 bits per heavy atom. The zero-order chi connectivity index (χ0) is 11.4. The van der Waals surface area contributed by atoms with E-state index < -0.39 is 27.9 Å². The van der Waals surface area contributed by atoms with Crippen LogP contribution in [0.15, 0.2) is 12.2 Å². The van der Waals surface area contributed by atoms with Crippen LogP contribution in [0.3, 0.4) is 0 Å². The average Bonchev–Trinajstić information content (AvgIpc) is 1.96. The normalized spacial score (nSPS) is 12.5. The first kappa shape index (κ1) is 17.5. The molecule has 0 saturated carbocycles. The summed E-state index contributed by atoms with van der Waals surface area (Å²) in [5.41, 5.74) is 0.238. The van der Waals surface area contributed by atoms with Gasteiger partial charge in [-0.1, -0.05) is 6.58 Å². The Kier molecular flexibility index (Phi) is 8.58. The predicted octanol–water partition coefficient (Wildman–Crippen LogP) is -4.41. The molecule has 0 heterocycles. The molecule has 6 nitrogen and oxygen atoms in total. The van der Waals surface area contributed by atoms with E-state index in [-0.39, 0.29) is 41.7 Å². The fourth-order valence-corrected chi connectivity index (χ4v) is 1.25. The second-order valence-corrected chi connectivity index (χ2v) is 4.32. The molecule has 8 heteroatoms. The van der Waals surface area contributed by atoms with Crippen LogP contribution in [0.2, 0.25) is 0 Å². The Hall–Kier alpha value is 0.0800. The quantitative estimate of drug-likeness (QED) is 0.289. The maximum atomic E-state index is 10.9. The number of carbonyl (C=O) groups excluding carboxylic acids is 1. The van der Waals surface area contributed by atoms with E-state index in [0.29, 0.717) is 0 Å². The van der Waals surface area contributed by atoms with E-state index in [1.165, 1.54) is 6.92 Å². The monoisotopic (exact) mass is 245 g/mol. The minimum absolute atomic E-state index is 0. The number of carbonyl (C=O) groups is 1. The van der Waals surface area contributed by atoms with E-state index in [1.807, 2.05) is 0 Å². The summed E-state index contributed by atoms with van der Waals surface area (Å²) >= 11 is 0. The first-order valence-electron chi connectivity index (χ1n) is 3.77. The van der Waals surface area contributed by atoms with Crippen LogP contribution < -0.4 is 34.9 Å². The fourth-order valence-electron chi connectivity index (χ4n) is 0.656. The van der Waals surface area contributed by atoms with Gasteiger partial charge in [0.25, 0.3) is 0 Å². The van der Waals surface area contributed by atoms with Gasteiger partial charge < -0.3 is 15.0 Å². The fraction of sp³-hybridized carbons (Fsp3) is 0.571. The van der Waals surface area contributed by atoms with Gasteiger partial charge in [-0.25, -0.2) is 8.42 Å². The molecule has 0 saturated heterocycles. The largest absolute Gasteiger partial charge is 1.00 e. The molecule has 2 N–H and O–H groups in total. The molecule has 1 amide bonds. The number of aliphatic hydroxyl groups is 1. The Morgan fingerprint density at radius 1 is 1.60 bits per heavy atom. The minimum atomic E-state index is -4.47. The number of hydrogen-bond donors (Lipinski definition) is 2. The molecule has 0 aromatic heterocycles. The van der Waals surface area contributed by atoms with Crippen molar-refractivity contribution in [3.8, 4) is 0 Å². The van der Waals surface area contributed by atoms with Gasteiger partial charge in [-0.05, 0) is 6.92 Å². The van der Waals surface area contributed by atoms with Gasteiger partial charge >= 0.3 is 29.6 Å².